The zero-order valence-electron chi connectivity index (χ0n) is 12.7. The van der Waals surface area contributed by atoms with Gasteiger partial charge in [0.15, 0.2) is 0 Å². The second-order valence-electron chi connectivity index (χ2n) is 6.33. The Bertz CT molecular complexity index is 500. The van der Waals surface area contributed by atoms with E-state index >= 15 is 0 Å². The van der Waals surface area contributed by atoms with Crippen LogP contribution in [0.3, 0.4) is 0 Å². The minimum atomic E-state index is -0.426. The fraction of sp³-hybridized carbons (Fsp3) is 0.647. The zero-order chi connectivity index (χ0) is 14.3. The summed E-state index contributed by atoms with van der Waals surface area (Å²) in [6, 6.07) is 4.92. The number of piperidine rings is 1. The first-order chi connectivity index (χ1) is 9.59. The molecule has 110 valence electrons. The van der Waals surface area contributed by atoms with Crippen LogP contribution in [0.5, 0.6) is 5.75 Å². The predicted molar refractivity (Wildman–Crippen MR) is 80.2 cm³/mol. The van der Waals surface area contributed by atoms with Crippen molar-refractivity contribution in [1.82, 2.24) is 4.90 Å². The number of rotatable bonds is 1. The van der Waals surface area contributed by atoms with Crippen LogP contribution in [0.4, 0.5) is 0 Å². The summed E-state index contributed by atoms with van der Waals surface area (Å²) in [5.41, 5.74) is 3.63. The van der Waals surface area contributed by atoms with Crippen molar-refractivity contribution in [3.05, 3.63) is 28.8 Å². The minimum absolute atomic E-state index is 0.0911. The summed E-state index contributed by atoms with van der Waals surface area (Å²) in [6.45, 7) is 7.99. The molecule has 3 rings (SSSR count). The summed E-state index contributed by atoms with van der Waals surface area (Å²) < 4.78 is 5.83. The summed E-state index contributed by atoms with van der Waals surface area (Å²) in [7, 11) is 0. The van der Waals surface area contributed by atoms with Gasteiger partial charge in [-0.25, -0.2) is 0 Å². The number of fused-ring (bicyclic) bond motifs is 1. The molecule has 1 aromatic rings. The lowest BCUT2D eigenvalue weighted by atomic mass is 9.89. The van der Waals surface area contributed by atoms with E-state index in [-0.39, 0.29) is 6.04 Å². The Hall–Kier alpha value is -1.06. The predicted octanol–water partition coefficient (Wildman–Crippen LogP) is 2.97. The van der Waals surface area contributed by atoms with Gasteiger partial charge >= 0.3 is 0 Å². The van der Waals surface area contributed by atoms with Crippen molar-refractivity contribution in [3.63, 3.8) is 0 Å². The molecule has 3 unspecified atom stereocenters. The molecule has 0 amide bonds. The lowest BCUT2D eigenvalue weighted by Gasteiger charge is -2.44. The summed E-state index contributed by atoms with van der Waals surface area (Å²) in [5.74, 6) is 0.998. The maximum Gasteiger partial charge on any atom is 0.127 e. The Morgan fingerprint density at radius 2 is 2.05 bits per heavy atom. The van der Waals surface area contributed by atoms with Gasteiger partial charge in [0.2, 0.25) is 0 Å². The number of hydrogen-bond acceptors (Lipinski definition) is 3. The summed E-state index contributed by atoms with van der Waals surface area (Å²) in [4.78, 5) is 2.48. The van der Waals surface area contributed by atoms with Crippen molar-refractivity contribution < 1.29 is 9.84 Å². The third-order valence-electron chi connectivity index (χ3n) is 5.00. The number of benzene rings is 1. The Balaban J connectivity index is 2.01. The summed E-state index contributed by atoms with van der Waals surface area (Å²) in [5, 5.41) is 10.5. The Morgan fingerprint density at radius 3 is 2.80 bits per heavy atom. The van der Waals surface area contributed by atoms with Crippen molar-refractivity contribution in [1.29, 1.82) is 0 Å². The molecule has 1 saturated heterocycles. The molecule has 3 nitrogen and oxygen atoms in total. The van der Waals surface area contributed by atoms with E-state index in [2.05, 4.69) is 37.8 Å². The molecule has 3 heteroatoms. The van der Waals surface area contributed by atoms with Gasteiger partial charge in [0.25, 0.3) is 0 Å². The van der Waals surface area contributed by atoms with Crippen LogP contribution in [-0.4, -0.2) is 35.3 Å². The summed E-state index contributed by atoms with van der Waals surface area (Å²) >= 11 is 0. The van der Waals surface area contributed by atoms with Crippen LogP contribution in [0.25, 0.3) is 0 Å². The highest BCUT2D eigenvalue weighted by molar-refractivity contribution is 5.48. The van der Waals surface area contributed by atoms with Crippen molar-refractivity contribution in [2.75, 3.05) is 13.2 Å². The highest BCUT2D eigenvalue weighted by Crippen LogP contribution is 2.41. The third-order valence-corrected chi connectivity index (χ3v) is 5.00. The van der Waals surface area contributed by atoms with E-state index in [0.29, 0.717) is 12.6 Å². The molecule has 2 heterocycles. The fourth-order valence-electron chi connectivity index (χ4n) is 3.64. The lowest BCUT2D eigenvalue weighted by molar-refractivity contribution is -0.0249. The molecular formula is C17H25NO2. The highest BCUT2D eigenvalue weighted by atomic mass is 16.5. The van der Waals surface area contributed by atoms with Gasteiger partial charge in [-0.1, -0.05) is 18.6 Å². The van der Waals surface area contributed by atoms with Crippen molar-refractivity contribution in [3.8, 4) is 5.75 Å². The maximum absolute atomic E-state index is 10.5. The van der Waals surface area contributed by atoms with E-state index in [1.165, 1.54) is 36.0 Å². The Morgan fingerprint density at radius 1 is 1.25 bits per heavy atom. The molecule has 0 spiro atoms. The van der Waals surface area contributed by atoms with E-state index < -0.39 is 6.10 Å². The number of aliphatic hydroxyl groups is 1. The molecule has 1 fully saturated rings. The molecule has 0 aromatic heterocycles. The van der Waals surface area contributed by atoms with Crippen molar-refractivity contribution >= 4 is 0 Å². The molecule has 1 N–H and O–H groups in total. The average molecular weight is 275 g/mol. The second kappa shape index (κ2) is 5.38. The van der Waals surface area contributed by atoms with Crippen LogP contribution in [0.1, 0.15) is 48.9 Å². The number of hydrogen-bond donors (Lipinski definition) is 1. The molecule has 0 radical (unpaired) electrons. The lowest BCUT2D eigenvalue weighted by Crippen LogP contribution is -2.48. The van der Waals surface area contributed by atoms with E-state index in [1.54, 1.807) is 0 Å². The van der Waals surface area contributed by atoms with Gasteiger partial charge < -0.3 is 9.84 Å². The molecule has 0 aliphatic carbocycles. The van der Waals surface area contributed by atoms with Gasteiger partial charge in [-0.15, -0.1) is 0 Å². The van der Waals surface area contributed by atoms with Crippen LogP contribution in [-0.2, 0) is 0 Å². The van der Waals surface area contributed by atoms with Crippen LogP contribution < -0.4 is 4.74 Å². The number of aliphatic hydroxyl groups excluding tert-OH is 1. The SMILES string of the molecule is Cc1ccc2c(c1C)OCC(O)C2N1CCCCC1C. The molecular weight excluding hydrogens is 250 g/mol. The normalized spacial score (nSPS) is 30.7. The van der Waals surface area contributed by atoms with E-state index in [0.717, 1.165) is 12.3 Å². The molecule has 0 saturated carbocycles. The van der Waals surface area contributed by atoms with Crippen LogP contribution in [0.15, 0.2) is 12.1 Å². The number of likely N-dealkylation sites (tertiary alicyclic amines) is 1. The Kier molecular flexibility index (Phi) is 3.74. The first-order valence-electron chi connectivity index (χ1n) is 7.76. The largest absolute Gasteiger partial charge is 0.490 e. The third kappa shape index (κ3) is 2.23. The van der Waals surface area contributed by atoms with E-state index in [9.17, 15) is 5.11 Å². The Labute approximate surface area is 121 Å². The number of aryl methyl sites for hydroxylation is 1. The van der Waals surface area contributed by atoms with Crippen molar-refractivity contribution in [2.24, 2.45) is 0 Å². The minimum Gasteiger partial charge on any atom is -0.490 e. The zero-order valence-corrected chi connectivity index (χ0v) is 12.7. The van der Waals surface area contributed by atoms with Crippen LogP contribution >= 0.6 is 0 Å². The van der Waals surface area contributed by atoms with Crippen LogP contribution in [0.2, 0.25) is 0 Å². The topological polar surface area (TPSA) is 32.7 Å². The standard InChI is InChI=1S/C17H25NO2/c1-11-7-8-14-16(18-9-5-4-6-12(18)2)15(19)10-20-17(14)13(11)3/h7-8,12,15-16,19H,4-6,9-10H2,1-3H3. The number of ether oxygens (including phenoxy) is 1. The van der Waals surface area contributed by atoms with E-state index in [4.69, 9.17) is 4.74 Å². The molecule has 0 bridgehead atoms. The van der Waals surface area contributed by atoms with Crippen molar-refractivity contribution in [2.45, 2.75) is 58.2 Å². The fourth-order valence-corrected chi connectivity index (χ4v) is 3.64. The molecule has 3 atom stereocenters. The number of nitrogens with zero attached hydrogens (tertiary/aromatic N) is 1. The van der Waals surface area contributed by atoms with Gasteiger partial charge in [-0.2, -0.15) is 0 Å². The molecule has 2 aliphatic rings. The second-order valence-corrected chi connectivity index (χ2v) is 6.33. The molecule has 2 aliphatic heterocycles. The molecule has 1 aromatic carbocycles. The van der Waals surface area contributed by atoms with E-state index in [1.807, 2.05) is 0 Å². The van der Waals surface area contributed by atoms with Gasteiger partial charge in [0.1, 0.15) is 18.5 Å². The van der Waals surface area contributed by atoms with Gasteiger partial charge in [-0.05, 0) is 51.3 Å². The average Bonchev–Trinajstić information content (AvgIpc) is 2.44. The highest BCUT2D eigenvalue weighted by Gasteiger charge is 2.37. The monoisotopic (exact) mass is 275 g/mol. The quantitative estimate of drug-likeness (QED) is 0.855. The van der Waals surface area contributed by atoms with Gasteiger partial charge in [0.05, 0.1) is 6.04 Å². The first-order valence-corrected chi connectivity index (χ1v) is 7.76. The van der Waals surface area contributed by atoms with Gasteiger partial charge in [0, 0.05) is 11.6 Å². The smallest absolute Gasteiger partial charge is 0.127 e. The maximum atomic E-state index is 10.5. The summed E-state index contributed by atoms with van der Waals surface area (Å²) in [6.07, 6.45) is 3.33. The first kappa shape index (κ1) is 13.9. The van der Waals surface area contributed by atoms with Gasteiger partial charge in [-0.3, -0.25) is 4.90 Å². The van der Waals surface area contributed by atoms with Crippen LogP contribution in [0, 0.1) is 13.8 Å². The molecule has 20 heavy (non-hydrogen) atoms.